The van der Waals surface area contributed by atoms with Crippen LogP contribution in [0.1, 0.15) is 37.3 Å². The van der Waals surface area contributed by atoms with Crippen LogP contribution in [0.5, 0.6) is 0 Å². The molecule has 142 valence electrons. The number of carbonyl (C=O) groups excluding carboxylic acids is 2. The minimum Gasteiger partial charge on any atom is -0.345 e. The Bertz CT molecular complexity index is 1030. The van der Waals surface area contributed by atoms with E-state index in [-0.39, 0.29) is 17.2 Å². The first kappa shape index (κ1) is 18.3. The fourth-order valence-electron chi connectivity index (χ4n) is 3.23. The van der Waals surface area contributed by atoms with Gasteiger partial charge in [-0.2, -0.15) is 0 Å². The highest BCUT2D eigenvalue weighted by Gasteiger charge is 2.27. The van der Waals surface area contributed by atoms with Gasteiger partial charge in [0.2, 0.25) is 0 Å². The maximum atomic E-state index is 12.7. The molecule has 0 saturated carbocycles. The Labute approximate surface area is 167 Å². The summed E-state index contributed by atoms with van der Waals surface area (Å²) in [4.78, 5) is 30.6. The van der Waals surface area contributed by atoms with Gasteiger partial charge < -0.3 is 14.8 Å². The lowest BCUT2D eigenvalue weighted by Gasteiger charge is -2.12. The maximum absolute atomic E-state index is 12.7. The van der Waals surface area contributed by atoms with Gasteiger partial charge >= 0.3 is 0 Å². The summed E-state index contributed by atoms with van der Waals surface area (Å²) in [6, 6.07) is 12.7. The van der Waals surface area contributed by atoms with Gasteiger partial charge in [0.25, 0.3) is 11.8 Å². The smallest absolute Gasteiger partial charge is 0.255 e. The number of benzene rings is 1. The summed E-state index contributed by atoms with van der Waals surface area (Å²) < 4.78 is 2.17. The van der Waals surface area contributed by atoms with Gasteiger partial charge in [-0.3, -0.25) is 14.6 Å². The summed E-state index contributed by atoms with van der Waals surface area (Å²) >= 11 is 1.80. The first-order valence-electron chi connectivity index (χ1n) is 8.89. The lowest BCUT2D eigenvalue weighted by molar-refractivity contribution is 0.0827. The van der Waals surface area contributed by atoms with E-state index < -0.39 is 0 Å². The Morgan fingerprint density at radius 2 is 2.00 bits per heavy atom. The van der Waals surface area contributed by atoms with Crippen LogP contribution in [0, 0.1) is 0 Å². The third kappa shape index (κ3) is 3.41. The average molecular weight is 392 g/mol. The molecule has 1 N–H and O–H groups in total. The van der Waals surface area contributed by atoms with Crippen molar-refractivity contribution in [1.29, 1.82) is 0 Å². The first-order valence-corrected chi connectivity index (χ1v) is 9.94. The standard InChI is InChI=1S/C21H20N4O2S/c1-24(2)20(27)15-6-3-5-14(11-15)19(26)23-17-8-10-25-18(17)13-28-21(25)16-7-4-9-22-12-16/h3-12,21H,13H2,1-2H3,(H,23,26). The molecule has 1 aliphatic rings. The number of anilines is 1. The van der Waals surface area contributed by atoms with Gasteiger partial charge in [0.1, 0.15) is 5.37 Å². The third-order valence-electron chi connectivity index (χ3n) is 4.65. The molecule has 1 atom stereocenters. The number of rotatable bonds is 4. The number of hydrogen-bond acceptors (Lipinski definition) is 4. The molecule has 2 aromatic heterocycles. The molecular formula is C21H20N4O2S. The third-order valence-corrected chi connectivity index (χ3v) is 5.91. The second-order valence-electron chi connectivity index (χ2n) is 6.77. The predicted molar refractivity (Wildman–Crippen MR) is 111 cm³/mol. The lowest BCUT2D eigenvalue weighted by atomic mass is 10.1. The second kappa shape index (κ2) is 7.52. The molecule has 0 radical (unpaired) electrons. The zero-order valence-electron chi connectivity index (χ0n) is 15.6. The Hall–Kier alpha value is -3.06. The summed E-state index contributed by atoms with van der Waals surface area (Å²) in [5, 5.41) is 3.15. The van der Waals surface area contributed by atoms with Crippen molar-refractivity contribution >= 4 is 29.3 Å². The summed E-state index contributed by atoms with van der Waals surface area (Å²) in [5.41, 5.74) is 3.96. The molecule has 6 nitrogen and oxygen atoms in total. The molecule has 0 aliphatic carbocycles. The Morgan fingerprint density at radius 3 is 2.75 bits per heavy atom. The van der Waals surface area contributed by atoms with Crippen molar-refractivity contribution in [2.75, 3.05) is 19.4 Å². The quantitative estimate of drug-likeness (QED) is 0.736. The van der Waals surface area contributed by atoms with Crippen molar-refractivity contribution in [3.8, 4) is 0 Å². The van der Waals surface area contributed by atoms with E-state index in [1.54, 1.807) is 56.3 Å². The molecule has 3 aromatic rings. The summed E-state index contributed by atoms with van der Waals surface area (Å²) in [7, 11) is 3.38. The summed E-state index contributed by atoms with van der Waals surface area (Å²) in [6.07, 6.45) is 5.63. The molecule has 0 bridgehead atoms. The average Bonchev–Trinajstić information content (AvgIpc) is 3.31. The molecule has 2 amide bonds. The minimum atomic E-state index is -0.225. The van der Waals surface area contributed by atoms with Crippen molar-refractivity contribution < 1.29 is 9.59 Å². The van der Waals surface area contributed by atoms with Gasteiger partial charge in [-0.15, -0.1) is 11.8 Å². The molecule has 0 fully saturated rings. The number of amides is 2. The minimum absolute atomic E-state index is 0.130. The fraction of sp³-hybridized carbons (Fsp3) is 0.190. The van der Waals surface area contributed by atoms with Crippen molar-refractivity contribution in [1.82, 2.24) is 14.5 Å². The van der Waals surface area contributed by atoms with Gasteiger partial charge in [0.05, 0.1) is 11.4 Å². The molecule has 28 heavy (non-hydrogen) atoms. The van der Waals surface area contributed by atoms with Crippen molar-refractivity contribution in [2.24, 2.45) is 0 Å². The lowest BCUT2D eigenvalue weighted by Crippen LogP contribution is -2.22. The summed E-state index contributed by atoms with van der Waals surface area (Å²) in [5.74, 6) is 0.453. The molecular weight excluding hydrogens is 372 g/mol. The Balaban J connectivity index is 1.54. The van der Waals surface area contributed by atoms with Crippen LogP contribution in [-0.2, 0) is 5.75 Å². The number of aromatic nitrogens is 2. The van der Waals surface area contributed by atoms with E-state index in [1.807, 2.05) is 24.5 Å². The molecule has 7 heteroatoms. The topological polar surface area (TPSA) is 67.2 Å². The van der Waals surface area contributed by atoms with Crippen LogP contribution in [0.4, 0.5) is 5.69 Å². The number of nitrogens with one attached hydrogen (secondary N) is 1. The van der Waals surface area contributed by atoms with Gasteiger partial charge in [-0.05, 0) is 30.3 Å². The predicted octanol–water partition coefficient (Wildman–Crippen LogP) is 3.63. The number of pyridine rings is 1. The summed E-state index contributed by atoms with van der Waals surface area (Å²) in [6.45, 7) is 0. The van der Waals surface area contributed by atoms with Gasteiger partial charge in [-0.25, -0.2) is 0 Å². The van der Waals surface area contributed by atoms with E-state index in [2.05, 4.69) is 20.9 Å². The molecule has 1 aliphatic heterocycles. The molecule has 4 rings (SSSR count). The van der Waals surface area contributed by atoms with Crippen LogP contribution in [0.15, 0.2) is 61.1 Å². The van der Waals surface area contributed by atoms with E-state index in [0.717, 1.165) is 22.7 Å². The fourth-order valence-corrected chi connectivity index (χ4v) is 4.54. The van der Waals surface area contributed by atoms with Gasteiger partial charge in [0.15, 0.2) is 0 Å². The zero-order valence-corrected chi connectivity index (χ0v) is 16.4. The van der Waals surface area contributed by atoms with Crippen molar-refractivity contribution in [3.63, 3.8) is 0 Å². The SMILES string of the molecule is CN(C)C(=O)c1cccc(C(=O)Nc2ccn3c2CSC3c2cccnc2)c1. The van der Waals surface area contributed by atoms with E-state index in [4.69, 9.17) is 0 Å². The number of thioether (sulfide) groups is 1. The van der Waals surface area contributed by atoms with Crippen LogP contribution >= 0.6 is 11.8 Å². The highest BCUT2D eigenvalue weighted by molar-refractivity contribution is 7.99. The van der Waals surface area contributed by atoms with Crippen LogP contribution in [0.3, 0.4) is 0 Å². The number of carbonyl (C=O) groups is 2. The van der Waals surface area contributed by atoms with Gasteiger partial charge in [-0.1, -0.05) is 12.1 Å². The van der Waals surface area contributed by atoms with Crippen LogP contribution in [0.25, 0.3) is 0 Å². The molecule has 1 unspecified atom stereocenters. The highest BCUT2D eigenvalue weighted by Crippen LogP contribution is 2.43. The van der Waals surface area contributed by atoms with Crippen molar-refractivity contribution in [3.05, 3.63) is 83.4 Å². The Morgan fingerprint density at radius 1 is 1.18 bits per heavy atom. The maximum Gasteiger partial charge on any atom is 0.255 e. The van der Waals surface area contributed by atoms with E-state index >= 15 is 0 Å². The van der Waals surface area contributed by atoms with Crippen molar-refractivity contribution in [2.45, 2.75) is 11.1 Å². The number of nitrogens with zero attached hydrogens (tertiary/aromatic N) is 3. The van der Waals surface area contributed by atoms with Crippen LogP contribution in [-0.4, -0.2) is 40.4 Å². The largest absolute Gasteiger partial charge is 0.345 e. The van der Waals surface area contributed by atoms with Crippen LogP contribution in [0.2, 0.25) is 0 Å². The highest BCUT2D eigenvalue weighted by atomic mass is 32.2. The second-order valence-corrected chi connectivity index (χ2v) is 7.84. The Kier molecular flexibility index (Phi) is 4.92. The van der Waals surface area contributed by atoms with Crippen LogP contribution < -0.4 is 5.32 Å². The zero-order chi connectivity index (χ0) is 19.7. The van der Waals surface area contributed by atoms with E-state index in [0.29, 0.717) is 11.1 Å². The number of fused-ring (bicyclic) bond motifs is 1. The monoisotopic (exact) mass is 392 g/mol. The normalized spacial score (nSPS) is 15.1. The first-order chi connectivity index (χ1) is 13.5. The molecule has 1 aromatic carbocycles. The molecule has 0 spiro atoms. The van der Waals surface area contributed by atoms with Gasteiger partial charge in [0, 0.05) is 55.1 Å². The van der Waals surface area contributed by atoms with E-state index in [1.165, 1.54) is 4.90 Å². The number of hydrogen-bond donors (Lipinski definition) is 1. The molecule has 0 saturated heterocycles. The molecule has 3 heterocycles. The van der Waals surface area contributed by atoms with E-state index in [9.17, 15) is 9.59 Å².